The summed E-state index contributed by atoms with van der Waals surface area (Å²) in [6.45, 7) is 0. The van der Waals surface area contributed by atoms with Gasteiger partial charge in [0.2, 0.25) is 0 Å². The van der Waals surface area contributed by atoms with Crippen LogP contribution in [0.5, 0.6) is 0 Å². The number of hydrogen-bond donors (Lipinski definition) is 0. The fourth-order valence-electron chi connectivity index (χ4n) is 2.48. The number of rotatable bonds is 3. The summed E-state index contributed by atoms with van der Waals surface area (Å²) in [7, 11) is 0. The molecule has 0 bridgehead atoms. The minimum atomic E-state index is 0.695. The standard InChI is InChI=1S/C18H13BrN2O/c19-14-5-3-13(4-6-14)11-18-20-16-8-7-15(12-17(16)22-18)21-9-1-2-10-21/h1-10,12H,11H2. The van der Waals surface area contributed by atoms with E-state index in [1.54, 1.807) is 0 Å². The summed E-state index contributed by atoms with van der Waals surface area (Å²) >= 11 is 3.44. The predicted molar refractivity (Wildman–Crippen MR) is 90.3 cm³/mol. The van der Waals surface area contributed by atoms with Gasteiger partial charge in [0.25, 0.3) is 0 Å². The number of aromatic nitrogens is 2. The average molecular weight is 353 g/mol. The maximum atomic E-state index is 5.90. The first-order valence-electron chi connectivity index (χ1n) is 7.05. The second kappa shape index (κ2) is 5.46. The second-order valence-corrected chi connectivity index (χ2v) is 6.07. The highest BCUT2D eigenvalue weighted by atomic mass is 79.9. The number of fused-ring (bicyclic) bond motifs is 1. The Bertz CT molecular complexity index is 908. The molecule has 0 saturated carbocycles. The minimum absolute atomic E-state index is 0.695. The van der Waals surface area contributed by atoms with Crippen molar-refractivity contribution >= 4 is 27.0 Å². The summed E-state index contributed by atoms with van der Waals surface area (Å²) in [6.07, 6.45) is 4.72. The van der Waals surface area contributed by atoms with Crippen LogP contribution >= 0.6 is 15.9 Å². The van der Waals surface area contributed by atoms with Crippen molar-refractivity contribution in [1.82, 2.24) is 9.55 Å². The van der Waals surface area contributed by atoms with Gasteiger partial charge < -0.3 is 8.98 Å². The van der Waals surface area contributed by atoms with Gasteiger partial charge in [-0.1, -0.05) is 28.1 Å². The Morgan fingerprint density at radius 3 is 2.55 bits per heavy atom. The van der Waals surface area contributed by atoms with Crippen LogP contribution in [0.4, 0.5) is 0 Å². The molecule has 4 heteroatoms. The van der Waals surface area contributed by atoms with Crippen LogP contribution < -0.4 is 0 Å². The summed E-state index contributed by atoms with van der Waals surface area (Å²) in [5, 5.41) is 0. The lowest BCUT2D eigenvalue weighted by molar-refractivity contribution is 0.544. The molecule has 0 aliphatic heterocycles. The van der Waals surface area contributed by atoms with Gasteiger partial charge in [-0.2, -0.15) is 0 Å². The number of oxazole rings is 1. The normalized spacial score (nSPS) is 11.1. The highest BCUT2D eigenvalue weighted by Crippen LogP contribution is 2.22. The lowest BCUT2D eigenvalue weighted by Crippen LogP contribution is -1.88. The molecule has 2 aromatic carbocycles. The van der Waals surface area contributed by atoms with Gasteiger partial charge in [0.1, 0.15) is 5.52 Å². The molecule has 2 aromatic heterocycles. The molecule has 108 valence electrons. The molecule has 0 radical (unpaired) electrons. The maximum absolute atomic E-state index is 5.90. The van der Waals surface area contributed by atoms with E-state index in [4.69, 9.17) is 4.42 Å². The van der Waals surface area contributed by atoms with E-state index in [1.807, 2.05) is 54.9 Å². The monoisotopic (exact) mass is 352 g/mol. The third-order valence-corrected chi connectivity index (χ3v) is 4.12. The van der Waals surface area contributed by atoms with Crippen LogP contribution in [0.25, 0.3) is 16.8 Å². The van der Waals surface area contributed by atoms with Crippen molar-refractivity contribution in [2.24, 2.45) is 0 Å². The molecule has 0 amide bonds. The van der Waals surface area contributed by atoms with Crippen LogP contribution in [0, 0.1) is 0 Å². The van der Waals surface area contributed by atoms with Gasteiger partial charge in [0.05, 0.1) is 0 Å². The van der Waals surface area contributed by atoms with Gasteiger partial charge in [-0.3, -0.25) is 0 Å². The van der Waals surface area contributed by atoms with Crippen LogP contribution in [0.15, 0.2) is 75.9 Å². The Balaban J connectivity index is 1.67. The van der Waals surface area contributed by atoms with Crippen molar-refractivity contribution < 1.29 is 4.42 Å². The van der Waals surface area contributed by atoms with Gasteiger partial charge >= 0.3 is 0 Å². The zero-order chi connectivity index (χ0) is 14.9. The van der Waals surface area contributed by atoms with Crippen LogP contribution in [0.2, 0.25) is 0 Å². The van der Waals surface area contributed by atoms with Gasteiger partial charge in [0, 0.05) is 35.0 Å². The van der Waals surface area contributed by atoms with Crippen molar-refractivity contribution in [2.45, 2.75) is 6.42 Å². The lowest BCUT2D eigenvalue weighted by atomic mass is 10.1. The molecule has 22 heavy (non-hydrogen) atoms. The van der Waals surface area contributed by atoms with E-state index < -0.39 is 0 Å². The molecule has 2 heterocycles. The van der Waals surface area contributed by atoms with Crippen molar-refractivity contribution in [1.29, 1.82) is 0 Å². The molecular formula is C18H13BrN2O. The molecule has 0 aliphatic rings. The van der Waals surface area contributed by atoms with Crippen LogP contribution in [-0.2, 0) is 6.42 Å². The van der Waals surface area contributed by atoms with Gasteiger partial charge in [0.15, 0.2) is 11.5 Å². The number of nitrogens with zero attached hydrogens (tertiary/aromatic N) is 2. The van der Waals surface area contributed by atoms with Crippen LogP contribution in [0.3, 0.4) is 0 Å². The van der Waals surface area contributed by atoms with E-state index in [2.05, 4.69) is 37.6 Å². The van der Waals surface area contributed by atoms with Crippen molar-refractivity contribution in [2.75, 3.05) is 0 Å². The van der Waals surface area contributed by atoms with Crippen LogP contribution in [0.1, 0.15) is 11.5 Å². The average Bonchev–Trinajstić information content (AvgIpc) is 3.17. The third-order valence-electron chi connectivity index (χ3n) is 3.59. The van der Waals surface area contributed by atoms with E-state index in [-0.39, 0.29) is 0 Å². The van der Waals surface area contributed by atoms with Gasteiger partial charge in [-0.05, 0) is 42.0 Å². The molecule has 0 N–H and O–H groups in total. The topological polar surface area (TPSA) is 31.0 Å². The minimum Gasteiger partial charge on any atom is -0.440 e. The van der Waals surface area contributed by atoms with Gasteiger partial charge in [-0.25, -0.2) is 4.98 Å². The first-order chi connectivity index (χ1) is 10.8. The summed E-state index contributed by atoms with van der Waals surface area (Å²) < 4.78 is 9.03. The van der Waals surface area contributed by atoms with E-state index in [9.17, 15) is 0 Å². The lowest BCUT2D eigenvalue weighted by Gasteiger charge is -2.00. The number of halogens is 1. The van der Waals surface area contributed by atoms with E-state index in [0.29, 0.717) is 6.42 Å². The Morgan fingerprint density at radius 2 is 1.77 bits per heavy atom. The molecule has 4 aromatic rings. The Morgan fingerprint density at radius 1 is 1.00 bits per heavy atom. The molecule has 4 rings (SSSR count). The van der Waals surface area contributed by atoms with E-state index in [0.717, 1.165) is 27.2 Å². The first-order valence-corrected chi connectivity index (χ1v) is 7.84. The molecular weight excluding hydrogens is 340 g/mol. The zero-order valence-electron chi connectivity index (χ0n) is 11.7. The molecule has 0 unspecified atom stereocenters. The molecule has 0 fully saturated rings. The van der Waals surface area contributed by atoms with Crippen LogP contribution in [-0.4, -0.2) is 9.55 Å². The second-order valence-electron chi connectivity index (χ2n) is 5.15. The first kappa shape index (κ1) is 13.3. The summed E-state index contributed by atoms with van der Waals surface area (Å²) in [4.78, 5) is 4.57. The summed E-state index contributed by atoms with van der Waals surface area (Å²) in [6, 6.07) is 18.3. The highest BCUT2D eigenvalue weighted by Gasteiger charge is 2.08. The molecule has 0 atom stereocenters. The highest BCUT2D eigenvalue weighted by molar-refractivity contribution is 9.10. The van der Waals surface area contributed by atoms with Gasteiger partial charge in [-0.15, -0.1) is 0 Å². The van der Waals surface area contributed by atoms with Crippen molar-refractivity contribution in [3.05, 3.63) is 82.9 Å². The van der Waals surface area contributed by atoms with Crippen molar-refractivity contribution in [3.8, 4) is 5.69 Å². The molecule has 3 nitrogen and oxygen atoms in total. The summed E-state index contributed by atoms with van der Waals surface area (Å²) in [5.74, 6) is 0.738. The number of benzene rings is 2. The quantitative estimate of drug-likeness (QED) is 0.521. The summed E-state index contributed by atoms with van der Waals surface area (Å²) in [5.41, 5.74) is 3.96. The zero-order valence-corrected chi connectivity index (χ0v) is 13.3. The Labute approximate surface area is 136 Å². The molecule has 0 saturated heterocycles. The molecule has 0 aliphatic carbocycles. The third kappa shape index (κ3) is 2.57. The van der Waals surface area contributed by atoms with E-state index in [1.165, 1.54) is 5.56 Å². The number of hydrogen-bond acceptors (Lipinski definition) is 2. The largest absolute Gasteiger partial charge is 0.440 e. The van der Waals surface area contributed by atoms with Crippen molar-refractivity contribution in [3.63, 3.8) is 0 Å². The smallest absolute Gasteiger partial charge is 0.199 e. The fourth-order valence-corrected chi connectivity index (χ4v) is 2.75. The maximum Gasteiger partial charge on any atom is 0.199 e. The predicted octanol–water partition coefficient (Wildman–Crippen LogP) is 4.97. The Hall–Kier alpha value is -2.33. The SMILES string of the molecule is Brc1ccc(Cc2nc3ccc(-n4cccc4)cc3o2)cc1. The molecule has 0 spiro atoms. The van der Waals surface area contributed by atoms with E-state index >= 15 is 0 Å². The fraction of sp³-hybridized carbons (Fsp3) is 0.0556. The Kier molecular flexibility index (Phi) is 3.31.